The number of pyridine rings is 1. The molecular weight excluding hydrogens is 312 g/mol. The number of thiophene rings is 1. The molecule has 2 aromatic rings. The van der Waals surface area contributed by atoms with Crippen LogP contribution in [0.15, 0.2) is 34.2 Å². The second-order valence-electron chi connectivity index (χ2n) is 4.08. The summed E-state index contributed by atoms with van der Waals surface area (Å²) in [4.78, 5) is 19.2. The van der Waals surface area contributed by atoms with Gasteiger partial charge in [0.25, 0.3) is 5.91 Å². The summed E-state index contributed by atoms with van der Waals surface area (Å²) < 4.78 is 1.06. The van der Waals surface area contributed by atoms with Crippen molar-refractivity contribution in [3.05, 3.63) is 50.4 Å². The maximum atomic E-state index is 12.2. The zero-order valence-corrected chi connectivity index (χ0v) is 12.6. The first-order chi connectivity index (χ1) is 8.56. The lowest BCUT2D eigenvalue weighted by molar-refractivity contribution is 0.0786. The highest BCUT2D eigenvalue weighted by Crippen LogP contribution is 2.21. The van der Waals surface area contributed by atoms with Crippen molar-refractivity contribution in [2.24, 2.45) is 0 Å². The van der Waals surface area contributed by atoms with Crippen LogP contribution in [0.4, 0.5) is 0 Å². The highest BCUT2D eigenvalue weighted by atomic mass is 79.9. The minimum atomic E-state index is 0.0185. The summed E-state index contributed by atoms with van der Waals surface area (Å²) in [6, 6.07) is 5.59. The van der Waals surface area contributed by atoms with Gasteiger partial charge in [-0.2, -0.15) is 0 Å². The summed E-state index contributed by atoms with van der Waals surface area (Å²) >= 11 is 5.05. The van der Waals surface area contributed by atoms with E-state index in [1.807, 2.05) is 31.5 Å². The maximum Gasteiger partial charge on any atom is 0.254 e. The number of nitrogens with zero attached hydrogens (tertiary/aromatic N) is 2. The van der Waals surface area contributed by atoms with Crippen molar-refractivity contribution in [2.75, 3.05) is 7.05 Å². The molecule has 2 heterocycles. The first kappa shape index (κ1) is 13.2. The molecule has 1 amide bonds. The Labute approximate surface area is 119 Å². The quantitative estimate of drug-likeness (QED) is 0.865. The van der Waals surface area contributed by atoms with Gasteiger partial charge in [-0.3, -0.25) is 9.78 Å². The summed E-state index contributed by atoms with van der Waals surface area (Å²) in [6.45, 7) is 2.50. The molecule has 0 aliphatic rings. The van der Waals surface area contributed by atoms with Gasteiger partial charge >= 0.3 is 0 Å². The lowest BCUT2D eigenvalue weighted by Crippen LogP contribution is -2.25. The van der Waals surface area contributed by atoms with Crippen LogP contribution in [0, 0.1) is 6.92 Å². The summed E-state index contributed by atoms with van der Waals surface area (Å²) in [5.74, 6) is 0.0185. The number of carbonyl (C=O) groups is 1. The molecule has 0 radical (unpaired) electrons. The fourth-order valence-electron chi connectivity index (χ4n) is 1.64. The van der Waals surface area contributed by atoms with Gasteiger partial charge < -0.3 is 4.90 Å². The van der Waals surface area contributed by atoms with E-state index in [2.05, 4.69) is 20.9 Å². The van der Waals surface area contributed by atoms with E-state index in [0.29, 0.717) is 12.1 Å². The molecule has 0 aromatic carbocycles. The van der Waals surface area contributed by atoms with Gasteiger partial charge in [0.15, 0.2) is 0 Å². The van der Waals surface area contributed by atoms with Crippen LogP contribution in [0.5, 0.6) is 0 Å². The van der Waals surface area contributed by atoms with Crippen LogP contribution in [0.3, 0.4) is 0 Å². The van der Waals surface area contributed by atoms with Crippen LogP contribution in [0.2, 0.25) is 0 Å². The zero-order chi connectivity index (χ0) is 13.1. The van der Waals surface area contributed by atoms with E-state index >= 15 is 0 Å². The SMILES string of the molecule is Cc1cc(C(=O)N(C)Cc2cc(Br)cs2)ccn1. The first-order valence-electron chi connectivity index (χ1n) is 5.47. The van der Waals surface area contributed by atoms with E-state index in [1.54, 1.807) is 28.5 Å². The van der Waals surface area contributed by atoms with Gasteiger partial charge in [-0.25, -0.2) is 0 Å². The molecule has 0 saturated heterocycles. The van der Waals surface area contributed by atoms with Crippen LogP contribution in [0.25, 0.3) is 0 Å². The fourth-order valence-corrected chi connectivity index (χ4v) is 3.14. The topological polar surface area (TPSA) is 33.2 Å². The number of rotatable bonds is 3. The van der Waals surface area contributed by atoms with Gasteiger partial charge in [-0.05, 0) is 41.1 Å². The molecule has 94 valence electrons. The lowest BCUT2D eigenvalue weighted by Gasteiger charge is -2.16. The van der Waals surface area contributed by atoms with E-state index in [9.17, 15) is 4.79 Å². The molecule has 0 aliphatic carbocycles. The number of hydrogen-bond acceptors (Lipinski definition) is 3. The molecule has 0 unspecified atom stereocenters. The average Bonchev–Trinajstić information content (AvgIpc) is 2.73. The van der Waals surface area contributed by atoms with E-state index in [-0.39, 0.29) is 5.91 Å². The third kappa shape index (κ3) is 3.17. The Morgan fingerprint density at radius 2 is 2.28 bits per heavy atom. The van der Waals surface area contributed by atoms with Crippen molar-refractivity contribution < 1.29 is 4.79 Å². The molecule has 0 saturated carbocycles. The molecule has 3 nitrogen and oxygen atoms in total. The number of hydrogen-bond donors (Lipinski definition) is 0. The van der Waals surface area contributed by atoms with Gasteiger partial charge in [-0.1, -0.05) is 0 Å². The van der Waals surface area contributed by atoms with Crippen molar-refractivity contribution in [1.82, 2.24) is 9.88 Å². The van der Waals surface area contributed by atoms with Crippen molar-refractivity contribution in [2.45, 2.75) is 13.5 Å². The molecule has 5 heteroatoms. The normalized spacial score (nSPS) is 10.4. The van der Waals surface area contributed by atoms with Crippen molar-refractivity contribution >= 4 is 33.2 Å². The third-order valence-electron chi connectivity index (χ3n) is 2.51. The Hall–Kier alpha value is -1.20. The Bertz CT molecular complexity index is 568. The van der Waals surface area contributed by atoms with E-state index in [4.69, 9.17) is 0 Å². The third-order valence-corrected chi connectivity index (χ3v) is 4.19. The predicted octanol–water partition coefficient (Wildman–Crippen LogP) is 3.49. The summed E-state index contributed by atoms with van der Waals surface area (Å²) in [6.07, 6.45) is 1.66. The van der Waals surface area contributed by atoms with Crippen LogP contribution in [0.1, 0.15) is 20.9 Å². The summed E-state index contributed by atoms with van der Waals surface area (Å²) in [5.41, 5.74) is 1.54. The smallest absolute Gasteiger partial charge is 0.254 e. The van der Waals surface area contributed by atoms with Crippen molar-refractivity contribution in [3.8, 4) is 0 Å². The van der Waals surface area contributed by atoms with E-state index in [0.717, 1.165) is 15.0 Å². The largest absolute Gasteiger partial charge is 0.337 e. The predicted molar refractivity (Wildman–Crippen MR) is 76.8 cm³/mol. The highest BCUT2D eigenvalue weighted by Gasteiger charge is 2.13. The number of halogens is 1. The van der Waals surface area contributed by atoms with Crippen LogP contribution in [-0.2, 0) is 6.54 Å². The standard InChI is InChI=1S/C13H13BrN2OS/c1-9-5-10(3-4-15-9)13(17)16(2)7-12-6-11(14)8-18-12/h3-6,8H,7H2,1-2H3. The summed E-state index contributed by atoms with van der Waals surface area (Å²) in [7, 11) is 1.81. The van der Waals surface area contributed by atoms with Crippen molar-refractivity contribution in [3.63, 3.8) is 0 Å². The van der Waals surface area contributed by atoms with Gasteiger partial charge in [0, 0.05) is 39.2 Å². The monoisotopic (exact) mass is 324 g/mol. The number of amides is 1. The number of aromatic nitrogens is 1. The molecule has 0 atom stereocenters. The average molecular weight is 325 g/mol. The first-order valence-corrected chi connectivity index (χ1v) is 7.14. The van der Waals surface area contributed by atoms with Crippen LogP contribution >= 0.6 is 27.3 Å². The molecule has 0 fully saturated rings. The van der Waals surface area contributed by atoms with E-state index in [1.165, 1.54) is 0 Å². The highest BCUT2D eigenvalue weighted by molar-refractivity contribution is 9.10. The second kappa shape index (κ2) is 5.63. The minimum absolute atomic E-state index is 0.0185. The number of carbonyl (C=O) groups excluding carboxylic acids is 1. The molecule has 2 rings (SSSR count). The Morgan fingerprint density at radius 1 is 1.50 bits per heavy atom. The Kier molecular flexibility index (Phi) is 4.14. The van der Waals surface area contributed by atoms with Crippen LogP contribution < -0.4 is 0 Å². The molecule has 0 bridgehead atoms. The molecular formula is C13H13BrN2OS. The molecule has 18 heavy (non-hydrogen) atoms. The van der Waals surface area contributed by atoms with Crippen LogP contribution in [-0.4, -0.2) is 22.8 Å². The fraction of sp³-hybridized carbons (Fsp3) is 0.231. The van der Waals surface area contributed by atoms with Gasteiger partial charge in [0.1, 0.15) is 0 Å². The van der Waals surface area contributed by atoms with Gasteiger partial charge in [0.05, 0.1) is 6.54 Å². The molecule has 2 aromatic heterocycles. The molecule has 0 aliphatic heterocycles. The Morgan fingerprint density at radius 3 is 2.89 bits per heavy atom. The minimum Gasteiger partial charge on any atom is -0.337 e. The maximum absolute atomic E-state index is 12.2. The van der Waals surface area contributed by atoms with Crippen molar-refractivity contribution in [1.29, 1.82) is 0 Å². The van der Waals surface area contributed by atoms with E-state index < -0.39 is 0 Å². The second-order valence-corrected chi connectivity index (χ2v) is 5.99. The Balaban J connectivity index is 2.09. The number of aryl methyl sites for hydroxylation is 1. The van der Waals surface area contributed by atoms with Gasteiger partial charge in [0.2, 0.25) is 0 Å². The summed E-state index contributed by atoms with van der Waals surface area (Å²) in [5, 5.41) is 2.02. The molecule has 0 N–H and O–H groups in total. The molecule has 0 spiro atoms. The van der Waals surface area contributed by atoms with Gasteiger partial charge in [-0.15, -0.1) is 11.3 Å². The zero-order valence-electron chi connectivity index (χ0n) is 10.2. The lowest BCUT2D eigenvalue weighted by atomic mass is 10.2.